The summed E-state index contributed by atoms with van der Waals surface area (Å²) in [6.07, 6.45) is 9.65. The summed E-state index contributed by atoms with van der Waals surface area (Å²) in [5.74, 6) is 0.975. The Balaban J connectivity index is 1.07. The topological polar surface area (TPSA) is 16.4 Å². The Labute approximate surface area is 310 Å². The Hall–Kier alpha value is -6.64. The van der Waals surface area contributed by atoms with Gasteiger partial charge in [0.25, 0.3) is 0 Å². The van der Waals surface area contributed by atoms with Gasteiger partial charge in [-0.15, -0.1) is 0 Å². The van der Waals surface area contributed by atoms with Crippen molar-refractivity contribution in [1.82, 2.24) is 0 Å². The predicted octanol–water partition coefficient (Wildman–Crippen LogP) is 13.9. The molecule has 0 saturated heterocycles. The molecule has 0 radical (unpaired) electrons. The average molecular weight is 680 g/mol. The summed E-state index contributed by atoms with van der Waals surface area (Å²) in [5, 5.41) is 3.72. The highest BCUT2D eigenvalue weighted by molar-refractivity contribution is 6.00. The highest BCUT2D eigenvalue weighted by atomic mass is 16.3. The zero-order chi connectivity index (χ0) is 35.1. The van der Waals surface area contributed by atoms with Crippen molar-refractivity contribution in [3.63, 3.8) is 0 Å². The van der Waals surface area contributed by atoms with Gasteiger partial charge in [-0.05, 0) is 99.0 Å². The SMILES string of the molecule is C1=C(c2ccc(-c3ccccc3)cc2)CCC(N(c2cccc(-c3cccc4ccccc34)c2)c2ccccc2C2=Cc3oc4ccccc4c3C2)=C1. The summed E-state index contributed by atoms with van der Waals surface area (Å²) in [5.41, 5.74) is 15.9. The number of nitrogens with zero attached hydrogens (tertiary/aromatic N) is 1. The van der Waals surface area contributed by atoms with Crippen LogP contribution in [0.3, 0.4) is 0 Å². The number of fused-ring (bicyclic) bond motifs is 4. The Morgan fingerprint density at radius 3 is 2.02 bits per heavy atom. The molecule has 0 spiro atoms. The van der Waals surface area contributed by atoms with Gasteiger partial charge in [-0.1, -0.05) is 152 Å². The van der Waals surface area contributed by atoms with Gasteiger partial charge in [0.1, 0.15) is 11.3 Å². The molecule has 8 aromatic rings. The van der Waals surface area contributed by atoms with Crippen LogP contribution in [-0.4, -0.2) is 0 Å². The molecule has 0 unspecified atom stereocenters. The van der Waals surface area contributed by atoms with E-state index in [1.54, 1.807) is 0 Å². The summed E-state index contributed by atoms with van der Waals surface area (Å²) < 4.78 is 6.34. The summed E-state index contributed by atoms with van der Waals surface area (Å²) in [6.45, 7) is 0. The van der Waals surface area contributed by atoms with Crippen LogP contribution in [0.2, 0.25) is 0 Å². The molecule has 1 aromatic heterocycles. The van der Waals surface area contributed by atoms with Gasteiger partial charge in [-0.25, -0.2) is 0 Å². The van der Waals surface area contributed by atoms with Gasteiger partial charge in [-0.2, -0.15) is 0 Å². The monoisotopic (exact) mass is 679 g/mol. The lowest BCUT2D eigenvalue weighted by Crippen LogP contribution is -2.19. The highest BCUT2D eigenvalue weighted by Crippen LogP contribution is 2.45. The molecule has 0 atom stereocenters. The van der Waals surface area contributed by atoms with Crippen molar-refractivity contribution < 1.29 is 4.42 Å². The van der Waals surface area contributed by atoms with Crippen molar-refractivity contribution in [3.8, 4) is 22.3 Å². The van der Waals surface area contributed by atoms with Crippen molar-refractivity contribution in [2.45, 2.75) is 19.3 Å². The van der Waals surface area contributed by atoms with Crippen LogP contribution < -0.4 is 4.90 Å². The zero-order valence-corrected chi connectivity index (χ0v) is 29.4. The van der Waals surface area contributed by atoms with Gasteiger partial charge in [0.2, 0.25) is 0 Å². The van der Waals surface area contributed by atoms with Crippen LogP contribution in [0.5, 0.6) is 0 Å². The molecule has 0 amide bonds. The predicted molar refractivity (Wildman–Crippen MR) is 223 cm³/mol. The summed E-state index contributed by atoms with van der Waals surface area (Å²) in [7, 11) is 0. The second-order valence-electron chi connectivity index (χ2n) is 14.0. The normalized spacial score (nSPS) is 13.8. The summed E-state index contributed by atoms with van der Waals surface area (Å²) >= 11 is 0. The smallest absolute Gasteiger partial charge is 0.135 e. The van der Waals surface area contributed by atoms with E-state index in [2.05, 4.69) is 187 Å². The van der Waals surface area contributed by atoms with Crippen LogP contribution in [0.1, 0.15) is 35.3 Å². The third-order valence-electron chi connectivity index (χ3n) is 10.9. The Morgan fingerprint density at radius 1 is 0.472 bits per heavy atom. The van der Waals surface area contributed by atoms with Crippen LogP contribution in [0, 0.1) is 0 Å². The molecule has 53 heavy (non-hydrogen) atoms. The first kappa shape index (κ1) is 31.1. The lowest BCUT2D eigenvalue weighted by molar-refractivity contribution is 0.603. The molecule has 0 saturated carbocycles. The minimum Gasteiger partial charge on any atom is -0.456 e. The fourth-order valence-corrected chi connectivity index (χ4v) is 8.24. The maximum atomic E-state index is 6.34. The lowest BCUT2D eigenvalue weighted by atomic mass is 9.92. The van der Waals surface area contributed by atoms with Crippen LogP contribution in [0.25, 0.3) is 61.2 Å². The van der Waals surface area contributed by atoms with E-state index in [0.29, 0.717) is 0 Å². The third kappa shape index (κ3) is 5.70. The molecule has 0 aliphatic heterocycles. The lowest BCUT2D eigenvalue weighted by Gasteiger charge is -2.32. The number of hydrogen-bond donors (Lipinski definition) is 0. The number of benzene rings is 7. The first-order valence-electron chi connectivity index (χ1n) is 18.5. The van der Waals surface area contributed by atoms with E-state index in [4.69, 9.17) is 4.42 Å². The van der Waals surface area contributed by atoms with Gasteiger partial charge in [0, 0.05) is 34.3 Å². The second-order valence-corrected chi connectivity index (χ2v) is 14.0. The minimum atomic E-state index is 0.843. The first-order valence-corrected chi connectivity index (χ1v) is 18.5. The molecule has 0 bridgehead atoms. The maximum Gasteiger partial charge on any atom is 0.135 e. The first-order chi connectivity index (χ1) is 26.3. The van der Waals surface area contributed by atoms with E-state index in [9.17, 15) is 0 Å². The molecule has 1 heterocycles. The van der Waals surface area contributed by atoms with E-state index in [1.165, 1.54) is 77.6 Å². The number of anilines is 2. The molecule has 7 aromatic carbocycles. The molecular formula is C51H37NO. The van der Waals surface area contributed by atoms with Crippen LogP contribution in [-0.2, 0) is 6.42 Å². The van der Waals surface area contributed by atoms with Crippen LogP contribution >= 0.6 is 0 Å². The molecule has 2 nitrogen and oxygen atoms in total. The van der Waals surface area contributed by atoms with Gasteiger partial charge >= 0.3 is 0 Å². The zero-order valence-electron chi connectivity index (χ0n) is 29.4. The van der Waals surface area contributed by atoms with Crippen molar-refractivity contribution in [2.75, 3.05) is 4.90 Å². The van der Waals surface area contributed by atoms with Crippen molar-refractivity contribution in [1.29, 1.82) is 0 Å². The van der Waals surface area contributed by atoms with E-state index in [0.717, 1.165) is 36.3 Å². The fraction of sp³-hybridized carbons (Fsp3) is 0.0588. The minimum absolute atomic E-state index is 0.843. The van der Waals surface area contributed by atoms with Crippen molar-refractivity contribution in [2.24, 2.45) is 0 Å². The fourth-order valence-electron chi connectivity index (χ4n) is 8.24. The van der Waals surface area contributed by atoms with E-state index in [1.807, 2.05) is 6.07 Å². The Kier molecular flexibility index (Phi) is 7.73. The van der Waals surface area contributed by atoms with Crippen LogP contribution in [0.4, 0.5) is 11.4 Å². The van der Waals surface area contributed by atoms with Crippen molar-refractivity contribution in [3.05, 3.63) is 210 Å². The van der Waals surface area contributed by atoms with Gasteiger partial charge in [-0.3, -0.25) is 0 Å². The maximum absolute atomic E-state index is 6.34. The number of rotatable bonds is 7. The number of para-hydroxylation sites is 2. The molecular weight excluding hydrogens is 643 g/mol. The quantitative estimate of drug-likeness (QED) is 0.167. The Morgan fingerprint density at radius 2 is 1.15 bits per heavy atom. The highest BCUT2D eigenvalue weighted by Gasteiger charge is 2.26. The van der Waals surface area contributed by atoms with E-state index >= 15 is 0 Å². The van der Waals surface area contributed by atoms with Gasteiger partial charge in [0.15, 0.2) is 0 Å². The molecule has 252 valence electrons. The second kappa shape index (κ2) is 13.2. The Bertz CT molecular complexity index is 2740. The van der Waals surface area contributed by atoms with Crippen molar-refractivity contribution >= 4 is 50.3 Å². The molecule has 2 aliphatic carbocycles. The largest absolute Gasteiger partial charge is 0.456 e. The van der Waals surface area contributed by atoms with E-state index < -0.39 is 0 Å². The summed E-state index contributed by atoms with van der Waals surface area (Å²) in [6, 6.07) is 61.2. The molecule has 0 N–H and O–H groups in total. The third-order valence-corrected chi connectivity index (χ3v) is 10.9. The summed E-state index contributed by atoms with van der Waals surface area (Å²) in [4.78, 5) is 2.49. The van der Waals surface area contributed by atoms with Crippen LogP contribution in [0.15, 0.2) is 192 Å². The average Bonchev–Trinajstić information content (AvgIpc) is 3.80. The molecule has 2 heteroatoms. The molecule has 10 rings (SSSR count). The van der Waals surface area contributed by atoms with Gasteiger partial charge in [0.05, 0.1) is 5.69 Å². The number of hydrogen-bond acceptors (Lipinski definition) is 2. The number of allylic oxidation sites excluding steroid dienone is 5. The van der Waals surface area contributed by atoms with E-state index in [-0.39, 0.29) is 0 Å². The van der Waals surface area contributed by atoms with Gasteiger partial charge < -0.3 is 9.32 Å². The number of furan rings is 1. The standard InChI is InChI=1S/C51H37NO/c1-2-12-35(13-3-1)36-24-26-37(27-25-36)38-28-30-42(31-29-38)52(43-17-10-16-40(32-43)45-21-11-15-39-14-4-5-18-44(39)45)49-22-8-6-19-46(49)41-33-48-47-20-7-9-23-50(47)53-51(48)34-41/h1-28,30,32,34H,29,31,33H2. The molecule has 2 aliphatic rings. The molecule has 0 fully saturated rings.